The van der Waals surface area contributed by atoms with Crippen molar-refractivity contribution in [3.8, 4) is 0 Å². The number of nitrogens with one attached hydrogen (secondary N) is 2. The van der Waals surface area contributed by atoms with Crippen LogP contribution in [0.3, 0.4) is 0 Å². The lowest BCUT2D eigenvalue weighted by atomic mass is 10.2. The van der Waals surface area contributed by atoms with E-state index in [1.807, 2.05) is 20.9 Å². The topological polar surface area (TPSA) is 75.9 Å². The number of aryl methyl sites for hydroxylation is 2. The van der Waals surface area contributed by atoms with Gasteiger partial charge in [0.2, 0.25) is 5.89 Å². The van der Waals surface area contributed by atoms with Gasteiger partial charge in [0.1, 0.15) is 23.7 Å². The largest absolute Gasteiger partial charge is 0.444 e. The maximum atomic E-state index is 5.53. The van der Waals surface area contributed by atoms with Gasteiger partial charge in [-0.2, -0.15) is 0 Å². The molecule has 2 N–H and O–H groups in total. The smallest absolute Gasteiger partial charge is 0.213 e. The predicted octanol–water partition coefficient (Wildman–Crippen LogP) is 2.30. The Kier molecular flexibility index (Phi) is 3.99. The summed E-state index contributed by atoms with van der Waals surface area (Å²) in [6.45, 7) is 6.43. The van der Waals surface area contributed by atoms with Crippen molar-refractivity contribution >= 4 is 11.6 Å². The summed E-state index contributed by atoms with van der Waals surface area (Å²) in [5.41, 5.74) is 1.98. The van der Waals surface area contributed by atoms with E-state index in [1.54, 1.807) is 6.33 Å². The summed E-state index contributed by atoms with van der Waals surface area (Å²) in [5, 5.41) is 6.32. The van der Waals surface area contributed by atoms with Crippen molar-refractivity contribution in [1.82, 2.24) is 15.0 Å². The second-order valence-corrected chi connectivity index (χ2v) is 4.26. The lowest BCUT2D eigenvalue weighted by Gasteiger charge is -2.11. The number of aromatic nitrogens is 3. The average molecular weight is 261 g/mol. The second kappa shape index (κ2) is 5.69. The SMILES string of the molecule is CCc1c(NC)ncnc1NCc1nc(C)c(C)o1. The highest BCUT2D eigenvalue weighted by atomic mass is 16.4. The van der Waals surface area contributed by atoms with Crippen LogP contribution in [-0.2, 0) is 13.0 Å². The molecule has 0 aliphatic carbocycles. The lowest BCUT2D eigenvalue weighted by molar-refractivity contribution is 0.478. The van der Waals surface area contributed by atoms with Crippen LogP contribution < -0.4 is 10.6 Å². The van der Waals surface area contributed by atoms with E-state index in [0.717, 1.165) is 35.1 Å². The normalized spacial score (nSPS) is 10.5. The van der Waals surface area contributed by atoms with Crippen LogP contribution in [0.25, 0.3) is 0 Å². The van der Waals surface area contributed by atoms with E-state index >= 15 is 0 Å². The van der Waals surface area contributed by atoms with Gasteiger partial charge in [-0.25, -0.2) is 15.0 Å². The number of rotatable bonds is 5. The number of hydrogen-bond acceptors (Lipinski definition) is 6. The second-order valence-electron chi connectivity index (χ2n) is 4.26. The quantitative estimate of drug-likeness (QED) is 0.860. The first kappa shape index (κ1) is 13.3. The van der Waals surface area contributed by atoms with E-state index in [0.29, 0.717) is 12.4 Å². The molecule has 0 unspecified atom stereocenters. The maximum Gasteiger partial charge on any atom is 0.213 e. The highest BCUT2D eigenvalue weighted by Gasteiger charge is 2.10. The third kappa shape index (κ3) is 2.83. The molecule has 0 aliphatic heterocycles. The highest BCUT2D eigenvalue weighted by Crippen LogP contribution is 2.20. The van der Waals surface area contributed by atoms with Crippen LogP contribution in [-0.4, -0.2) is 22.0 Å². The molecule has 0 atom stereocenters. The van der Waals surface area contributed by atoms with Crippen molar-refractivity contribution in [2.75, 3.05) is 17.7 Å². The van der Waals surface area contributed by atoms with E-state index < -0.39 is 0 Å². The highest BCUT2D eigenvalue weighted by molar-refractivity contribution is 5.57. The number of hydrogen-bond donors (Lipinski definition) is 2. The van der Waals surface area contributed by atoms with Crippen LogP contribution in [0.15, 0.2) is 10.7 Å². The molecule has 6 heteroatoms. The molecule has 102 valence electrons. The Bertz CT molecular complexity index is 545. The lowest BCUT2D eigenvalue weighted by Crippen LogP contribution is -2.08. The monoisotopic (exact) mass is 261 g/mol. The molecule has 2 aromatic heterocycles. The molecule has 0 fully saturated rings. The Labute approximate surface area is 112 Å². The first-order chi connectivity index (χ1) is 9.15. The van der Waals surface area contributed by atoms with Gasteiger partial charge < -0.3 is 15.1 Å². The van der Waals surface area contributed by atoms with Crippen LogP contribution in [0.4, 0.5) is 11.6 Å². The summed E-state index contributed by atoms with van der Waals surface area (Å²) >= 11 is 0. The predicted molar refractivity (Wildman–Crippen MR) is 74.3 cm³/mol. The van der Waals surface area contributed by atoms with E-state index in [1.165, 1.54) is 0 Å². The standard InChI is InChI=1S/C13H19N5O/c1-5-10-12(14-4)16-7-17-13(10)15-6-11-18-8(2)9(3)19-11/h7H,5-6H2,1-4H3,(H2,14,15,16,17). The number of oxazole rings is 1. The van der Waals surface area contributed by atoms with E-state index in [4.69, 9.17) is 4.42 Å². The Morgan fingerprint density at radius 3 is 2.53 bits per heavy atom. The Balaban J connectivity index is 2.15. The van der Waals surface area contributed by atoms with Crippen molar-refractivity contribution in [3.63, 3.8) is 0 Å². The Morgan fingerprint density at radius 1 is 1.21 bits per heavy atom. The minimum absolute atomic E-state index is 0.516. The summed E-state index contributed by atoms with van der Waals surface area (Å²) in [4.78, 5) is 12.8. The molecule has 2 rings (SSSR count). The molecule has 0 radical (unpaired) electrons. The van der Waals surface area contributed by atoms with Gasteiger partial charge in [-0.15, -0.1) is 0 Å². The van der Waals surface area contributed by atoms with Gasteiger partial charge in [0.25, 0.3) is 0 Å². The number of anilines is 2. The van der Waals surface area contributed by atoms with Crippen molar-refractivity contribution in [2.24, 2.45) is 0 Å². The molecule has 0 aromatic carbocycles. The van der Waals surface area contributed by atoms with Crippen LogP contribution >= 0.6 is 0 Å². The van der Waals surface area contributed by atoms with Crippen LogP contribution in [0.1, 0.15) is 29.8 Å². The number of nitrogens with zero attached hydrogens (tertiary/aromatic N) is 3. The molecule has 0 aliphatic rings. The fraction of sp³-hybridized carbons (Fsp3) is 0.462. The fourth-order valence-corrected chi connectivity index (χ4v) is 1.89. The molecule has 0 bridgehead atoms. The zero-order valence-electron chi connectivity index (χ0n) is 11.7. The van der Waals surface area contributed by atoms with Gasteiger partial charge in [0.05, 0.1) is 12.2 Å². The van der Waals surface area contributed by atoms with Gasteiger partial charge in [-0.3, -0.25) is 0 Å². The summed E-state index contributed by atoms with van der Waals surface area (Å²) in [7, 11) is 1.85. The van der Waals surface area contributed by atoms with E-state index in [9.17, 15) is 0 Å². The molecular formula is C13H19N5O. The first-order valence-electron chi connectivity index (χ1n) is 6.34. The third-order valence-corrected chi connectivity index (χ3v) is 3.02. The average Bonchev–Trinajstić information content (AvgIpc) is 2.74. The van der Waals surface area contributed by atoms with Crippen molar-refractivity contribution < 1.29 is 4.42 Å². The first-order valence-corrected chi connectivity index (χ1v) is 6.34. The molecule has 0 saturated carbocycles. The fourth-order valence-electron chi connectivity index (χ4n) is 1.89. The van der Waals surface area contributed by atoms with Gasteiger partial charge in [0.15, 0.2) is 0 Å². The minimum Gasteiger partial charge on any atom is -0.444 e. The van der Waals surface area contributed by atoms with Crippen molar-refractivity contribution in [2.45, 2.75) is 33.7 Å². The Morgan fingerprint density at radius 2 is 1.95 bits per heavy atom. The molecule has 2 aromatic rings. The summed E-state index contributed by atoms with van der Waals surface area (Å²) in [6, 6.07) is 0. The van der Waals surface area contributed by atoms with Crippen molar-refractivity contribution in [1.29, 1.82) is 0 Å². The summed E-state index contributed by atoms with van der Waals surface area (Å²) < 4.78 is 5.53. The third-order valence-electron chi connectivity index (χ3n) is 3.02. The molecule has 0 saturated heterocycles. The molecule has 6 nitrogen and oxygen atoms in total. The van der Waals surface area contributed by atoms with Crippen LogP contribution in [0.2, 0.25) is 0 Å². The van der Waals surface area contributed by atoms with E-state index in [2.05, 4.69) is 32.5 Å². The molecule has 2 heterocycles. The molecule has 0 amide bonds. The van der Waals surface area contributed by atoms with Gasteiger partial charge in [0, 0.05) is 12.6 Å². The molecule has 19 heavy (non-hydrogen) atoms. The van der Waals surface area contributed by atoms with Crippen molar-refractivity contribution in [3.05, 3.63) is 29.2 Å². The van der Waals surface area contributed by atoms with E-state index in [-0.39, 0.29) is 0 Å². The minimum atomic E-state index is 0.516. The zero-order chi connectivity index (χ0) is 13.8. The van der Waals surface area contributed by atoms with Gasteiger partial charge >= 0.3 is 0 Å². The molecule has 0 spiro atoms. The maximum absolute atomic E-state index is 5.53. The Hall–Kier alpha value is -2.11. The molecular weight excluding hydrogens is 242 g/mol. The zero-order valence-corrected chi connectivity index (χ0v) is 11.7. The summed E-state index contributed by atoms with van der Waals surface area (Å²) in [5.74, 6) is 3.18. The summed E-state index contributed by atoms with van der Waals surface area (Å²) in [6.07, 6.45) is 2.39. The van der Waals surface area contributed by atoms with Gasteiger partial charge in [-0.05, 0) is 20.3 Å². The van der Waals surface area contributed by atoms with Crippen LogP contribution in [0.5, 0.6) is 0 Å². The van der Waals surface area contributed by atoms with Crippen LogP contribution in [0, 0.1) is 13.8 Å². The van der Waals surface area contributed by atoms with Gasteiger partial charge in [-0.1, -0.05) is 6.92 Å².